The van der Waals surface area contributed by atoms with E-state index in [1.54, 1.807) is 4.68 Å². The summed E-state index contributed by atoms with van der Waals surface area (Å²) >= 11 is 0. The second-order valence-corrected chi connectivity index (χ2v) is 5.23. The van der Waals surface area contributed by atoms with Gasteiger partial charge < -0.3 is 10.1 Å². The van der Waals surface area contributed by atoms with E-state index in [9.17, 15) is 4.79 Å². The molecule has 5 nitrogen and oxygen atoms in total. The first kappa shape index (κ1) is 16.1. The fraction of sp³-hybridized carbons (Fsp3) is 0.412. The van der Waals surface area contributed by atoms with Gasteiger partial charge in [0.1, 0.15) is 5.75 Å². The molecular weight excluding hydrogens is 278 g/mol. The third-order valence-corrected chi connectivity index (χ3v) is 3.28. The predicted molar refractivity (Wildman–Crippen MR) is 86.7 cm³/mol. The van der Waals surface area contributed by atoms with E-state index in [4.69, 9.17) is 4.74 Å². The van der Waals surface area contributed by atoms with Gasteiger partial charge in [0, 0.05) is 31.8 Å². The molecule has 1 heterocycles. The minimum Gasteiger partial charge on any atom is -0.494 e. The van der Waals surface area contributed by atoms with Gasteiger partial charge >= 0.3 is 0 Å². The minimum absolute atomic E-state index is 0.0948. The van der Waals surface area contributed by atoms with Crippen LogP contribution in [0.25, 0.3) is 11.1 Å². The van der Waals surface area contributed by atoms with Crippen LogP contribution in [0.15, 0.2) is 36.7 Å². The average Bonchev–Trinajstić information content (AvgIpc) is 2.96. The molecule has 2 aromatic rings. The largest absolute Gasteiger partial charge is 0.494 e. The Hall–Kier alpha value is -2.30. The van der Waals surface area contributed by atoms with Gasteiger partial charge in [-0.25, -0.2) is 0 Å². The van der Waals surface area contributed by atoms with Gasteiger partial charge in [0.15, 0.2) is 0 Å². The maximum Gasteiger partial charge on any atom is 0.220 e. The molecule has 2 rings (SSSR count). The number of hydrogen-bond donors (Lipinski definition) is 1. The SMILES string of the molecule is CCCNC(=O)CCCOc1ccc(-c2cnn(C)c2)cc1. The van der Waals surface area contributed by atoms with E-state index in [2.05, 4.69) is 10.4 Å². The van der Waals surface area contributed by atoms with Gasteiger partial charge in [0.05, 0.1) is 12.8 Å². The van der Waals surface area contributed by atoms with Crippen LogP contribution in [-0.2, 0) is 11.8 Å². The third kappa shape index (κ3) is 4.91. The number of aryl methyl sites for hydroxylation is 1. The molecule has 0 aliphatic carbocycles. The Morgan fingerprint density at radius 3 is 2.68 bits per heavy atom. The molecule has 0 atom stereocenters. The van der Waals surface area contributed by atoms with E-state index in [1.165, 1.54) is 0 Å². The number of ether oxygens (including phenoxy) is 1. The Labute approximate surface area is 131 Å². The lowest BCUT2D eigenvalue weighted by Gasteiger charge is -2.07. The van der Waals surface area contributed by atoms with Crippen LogP contribution in [0.2, 0.25) is 0 Å². The van der Waals surface area contributed by atoms with Crippen molar-refractivity contribution in [1.82, 2.24) is 15.1 Å². The molecule has 0 saturated heterocycles. The summed E-state index contributed by atoms with van der Waals surface area (Å²) in [5.41, 5.74) is 2.20. The summed E-state index contributed by atoms with van der Waals surface area (Å²) in [5, 5.41) is 7.02. The van der Waals surface area contributed by atoms with Crippen molar-refractivity contribution >= 4 is 5.91 Å². The first-order valence-corrected chi connectivity index (χ1v) is 7.67. The summed E-state index contributed by atoms with van der Waals surface area (Å²) in [5.74, 6) is 0.916. The van der Waals surface area contributed by atoms with E-state index < -0.39 is 0 Å². The summed E-state index contributed by atoms with van der Waals surface area (Å²) in [6, 6.07) is 7.92. The van der Waals surface area contributed by atoms with E-state index in [0.29, 0.717) is 13.0 Å². The number of carbonyl (C=O) groups is 1. The first-order chi connectivity index (χ1) is 10.7. The molecule has 1 N–H and O–H groups in total. The molecule has 0 spiro atoms. The minimum atomic E-state index is 0.0948. The molecule has 118 valence electrons. The molecule has 0 aliphatic rings. The van der Waals surface area contributed by atoms with Crippen LogP contribution >= 0.6 is 0 Å². The number of amides is 1. The summed E-state index contributed by atoms with van der Waals surface area (Å²) in [6.07, 6.45) is 6.01. The smallest absolute Gasteiger partial charge is 0.220 e. The fourth-order valence-electron chi connectivity index (χ4n) is 2.09. The van der Waals surface area contributed by atoms with Crippen molar-refractivity contribution in [2.75, 3.05) is 13.2 Å². The second kappa shape index (κ2) is 8.22. The zero-order valence-corrected chi connectivity index (χ0v) is 13.2. The van der Waals surface area contributed by atoms with Crippen LogP contribution in [0.1, 0.15) is 26.2 Å². The third-order valence-electron chi connectivity index (χ3n) is 3.28. The summed E-state index contributed by atoms with van der Waals surface area (Å²) < 4.78 is 7.44. The van der Waals surface area contributed by atoms with E-state index in [1.807, 2.05) is 50.6 Å². The molecule has 0 bridgehead atoms. The number of nitrogens with one attached hydrogen (secondary N) is 1. The predicted octanol–water partition coefficient (Wildman–Crippen LogP) is 2.77. The van der Waals surface area contributed by atoms with Crippen molar-refractivity contribution < 1.29 is 9.53 Å². The van der Waals surface area contributed by atoms with Gasteiger partial charge in [0.25, 0.3) is 0 Å². The van der Waals surface area contributed by atoms with Gasteiger partial charge in [-0.15, -0.1) is 0 Å². The highest BCUT2D eigenvalue weighted by atomic mass is 16.5. The van der Waals surface area contributed by atoms with Crippen molar-refractivity contribution in [3.8, 4) is 16.9 Å². The Balaban J connectivity index is 1.74. The van der Waals surface area contributed by atoms with Gasteiger partial charge in [-0.1, -0.05) is 19.1 Å². The standard InChI is InChI=1S/C17H23N3O2/c1-3-10-18-17(21)5-4-11-22-16-8-6-14(7-9-16)15-12-19-20(2)13-15/h6-9,12-13H,3-5,10-11H2,1-2H3,(H,18,21). The molecule has 1 amide bonds. The maximum atomic E-state index is 11.4. The van der Waals surface area contributed by atoms with Crippen molar-refractivity contribution in [3.63, 3.8) is 0 Å². The lowest BCUT2D eigenvalue weighted by atomic mass is 10.1. The second-order valence-electron chi connectivity index (χ2n) is 5.23. The van der Waals surface area contributed by atoms with E-state index >= 15 is 0 Å². The molecular formula is C17H23N3O2. The zero-order valence-electron chi connectivity index (χ0n) is 13.2. The molecule has 0 fully saturated rings. The van der Waals surface area contributed by atoms with Crippen LogP contribution in [0.3, 0.4) is 0 Å². The molecule has 0 radical (unpaired) electrons. The number of nitrogens with zero attached hydrogens (tertiary/aromatic N) is 2. The Morgan fingerprint density at radius 2 is 2.05 bits per heavy atom. The summed E-state index contributed by atoms with van der Waals surface area (Å²) in [7, 11) is 1.90. The number of rotatable bonds is 8. The Kier molecular flexibility index (Phi) is 6.01. The molecule has 5 heteroatoms. The molecule has 0 unspecified atom stereocenters. The quantitative estimate of drug-likeness (QED) is 0.763. The topological polar surface area (TPSA) is 56.1 Å². The van der Waals surface area contributed by atoms with Gasteiger partial charge in [-0.3, -0.25) is 9.48 Å². The van der Waals surface area contributed by atoms with Crippen LogP contribution in [0, 0.1) is 0 Å². The monoisotopic (exact) mass is 301 g/mol. The molecule has 0 aliphatic heterocycles. The van der Waals surface area contributed by atoms with Gasteiger partial charge in [0.2, 0.25) is 5.91 Å². The lowest BCUT2D eigenvalue weighted by Crippen LogP contribution is -2.24. The lowest BCUT2D eigenvalue weighted by molar-refractivity contribution is -0.121. The Bertz CT molecular complexity index is 590. The van der Waals surface area contributed by atoms with Crippen molar-refractivity contribution in [1.29, 1.82) is 0 Å². The molecule has 1 aromatic heterocycles. The highest BCUT2D eigenvalue weighted by Crippen LogP contribution is 2.21. The normalized spacial score (nSPS) is 10.5. The number of aromatic nitrogens is 2. The van der Waals surface area contributed by atoms with Crippen LogP contribution in [0.5, 0.6) is 5.75 Å². The number of hydrogen-bond acceptors (Lipinski definition) is 3. The highest BCUT2D eigenvalue weighted by Gasteiger charge is 2.02. The number of benzene rings is 1. The molecule has 0 saturated carbocycles. The van der Waals surface area contributed by atoms with Crippen LogP contribution < -0.4 is 10.1 Å². The maximum absolute atomic E-state index is 11.4. The van der Waals surface area contributed by atoms with Crippen molar-refractivity contribution in [3.05, 3.63) is 36.7 Å². The summed E-state index contributed by atoms with van der Waals surface area (Å²) in [6.45, 7) is 3.33. The van der Waals surface area contributed by atoms with Crippen molar-refractivity contribution in [2.24, 2.45) is 7.05 Å². The van der Waals surface area contributed by atoms with Crippen molar-refractivity contribution in [2.45, 2.75) is 26.2 Å². The van der Waals surface area contributed by atoms with Crippen LogP contribution in [0.4, 0.5) is 0 Å². The Morgan fingerprint density at radius 1 is 1.27 bits per heavy atom. The molecule has 1 aromatic carbocycles. The summed E-state index contributed by atoms with van der Waals surface area (Å²) in [4.78, 5) is 11.4. The van der Waals surface area contributed by atoms with Crippen LogP contribution in [-0.4, -0.2) is 28.8 Å². The number of carbonyl (C=O) groups excluding carboxylic acids is 1. The first-order valence-electron chi connectivity index (χ1n) is 7.67. The van der Waals surface area contributed by atoms with E-state index in [-0.39, 0.29) is 5.91 Å². The fourth-order valence-corrected chi connectivity index (χ4v) is 2.09. The average molecular weight is 301 g/mol. The van der Waals surface area contributed by atoms with Gasteiger partial charge in [-0.2, -0.15) is 5.10 Å². The van der Waals surface area contributed by atoms with E-state index in [0.717, 1.165) is 36.3 Å². The molecule has 22 heavy (non-hydrogen) atoms. The highest BCUT2D eigenvalue weighted by molar-refractivity contribution is 5.75. The van der Waals surface area contributed by atoms with Gasteiger partial charge in [-0.05, 0) is 30.5 Å². The zero-order chi connectivity index (χ0) is 15.8.